The lowest BCUT2D eigenvalue weighted by Crippen LogP contribution is -2.19. The molecule has 0 bridgehead atoms. The van der Waals surface area contributed by atoms with E-state index in [-0.39, 0.29) is 12.6 Å². The molecule has 0 fully saturated rings. The summed E-state index contributed by atoms with van der Waals surface area (Å²) >= 11 is 3.50. The number of nitrogens with one attached hydrogen (secondary N) is 1. The summed E-state index contributed by atoms with van der Waals surface area (Å²) in [7, 11) is 0. The number of rotatable bonds is 5. The predicted molar refractivity (Wildman–Crippen MR) is 80.2 cm³/mol. The average molecular weight is 324 g/mol. The zero-order chi connectivity index (χ0) is 13.8. The van der Waals surface area contributed by atoms with E-state index in [1.807, 2.05) is 24.3 Å². The van der Waals surface area contributed by atoms with Crippen LogP contribution in [0.25, 0.3) is 0 Å². The summed E-state index contributed by atoms with van der Waals surface area (Å²) in [6.07, 6.45) is 3.59. The van der Waals surface area contributed by atoms with Gasteiger partial charge < -0.3 is 15.0 Å². The van der Waals surface area contributed by atoms with Crippen LogP contribution in [0.1, 0.15) is 31.6 Å². The van der Waals surface area contributed by atoms with Crippen molar-refractivity contribution < 1.29 is 5.11 Å². The first kappa shape index (κ1) is 14.1. The van der Waals surface area contributed by atoms with Crippen molar-refractivity contribution >= 4 is 21.6 Å². The van der Waals surface area contributed by atoms with Gasteiger partial charge in [0.1, 0.15) is 0 Å². The summed E-state index contributed by atoms with van der Waals surface area (Å²) in [4.78, 5) is 4.18. The fourth-order valence-corrected chi connectivity index (χ4v) is 2.39. The third-order valence-electron chi connectivity index (χ3n) is 3.00. The maximum Gasteiger partial charge on any atom is 0.0951 e. The van der Waals surface area contributed by atoms with Crippen LogP contribution < -0.4 is 5.32 Å². The number of aromatic nitrogens is 2. The maximum absolute atomic E-state index is 9.64. The third-order valence-corrected chi connectivity index (χ3v) is 3.69. The Kier molecular flexibility index (Phi) is 4.61. The molecule has 0 saturated heterocycles. The van der Waals surface area contributed by atoms with Crippen LogP contribution in [0.3, 0.4) is 0 Å². The molecule has 1 unspecified atom stereocenters. The minimum Gasteiger partial charge on any atom is -0.394 e. The minimum atomic E-state index is -0.177. The van der Waals surface area contributed by atoms with Crippen LogP contribution in [-0.4, -0.2) is 21.3 Å². The summed E-state index contributed by atoms with van der Waals surface area (Å²) in [5.41, 5.74) is 1.94. The average Bonchev–Trinajstić information content (AvgIpc) is 2.87. The van der Waals surface area contributed by atoms with Crippen LogP contribution in [0.2, 0.25) is 0 Å². The van der Waals surface area contributed by atoms with Crippen LogP contribution in [0.15, 0.2) is 41.3 Å². The maximum atomic E-state index is 9.64. The molecule has 0 aliphatic rings. The second kappa shape index (κ2) is 6.21. The van der Waals surface area contributed by atoms with Crippen molar-refractivity contribution in [3.05, 3.63) is 47.0 Å². The van der Waals surface area contributed by atoms with E-state index in [9.17, 15) is 5.11 Å². The molecule has 19 heavy (non-hydrogen) atoms. The Morgan fingerprint density at radius 1 is 1.37 bits per heavy atom. The Hall–Kier alpha value is -1.33. The highest BCUT2D eigenvalue weighted by Crippen LogP contribution is 2.27. The number of nitrogens with zero attached hydrogens (tertiary/aromatic N) is 2. The van der Waals surface area contributed by atoms with Crippen molar-refractivity contribution in [1.29, 1.82) is 0 Å². The van der Waals surface area contributed by atoms with Gasteiger partial charge in [-0.25, -0.2) is 4.98 Å². The largest absolute Gasteiger partial charge is 0.394 e. The van der Waals surface area contributed by atoms with Gasteiger partial charge in [-0.3, -0.25) is 0 Å². The van der Waals surface area contributed by atoms with E-state index in [0.717, 1.165) is 15.9 Å². The monoisotopic (exact) mass is 323 g/mol. The first-order valence-corrected chi connectivity index (χ1v) is 7.06. The molecular formula is C14H18BrN3O. The van der Waals surface area contributed by atoms with E-state index in [4.69, 9.17) is 0 Å². The molecule has 2 rings (SSSR count). The summed E-state index contributed by atoms with van der Waals surface area (Å²) in [6, 6.07) is 8.00. The van der Waals surface area contributed by atoms with Crippen molar-refractivity contribution in [2.75, 3.05) is 11.9 Å². The van der Waals surface area contributed by atoms with Crippen LogP contribution in [-0.2, 0) is 0 Å². The van der Waals surface area contributed by atoms with Crippen molar-refractivity contribution in [2.24, 2.45) is 0 Å². The minimum absolute atomic E-state index is 0.0136. The van der Waals surface area contributed by atoms with Crippen molar-refractivity contribution in [1.82, 2.24) is 9.55 Å². The SMILES string of the molecule is CC(C)n1cncc1C(CO)Nc1ccccc1Br. The van der Waals surface area contributed by atoms with E-state index in [1.54, 1.807) is 12.5 Å². The van der Waals surface area contributed by atoms with Gasteiger partial charge in [-0.1, -0.05) is 12.1 Å². The van der Waals surface area contributed by atoms with Gasteiger partial charge in [0.25, 0.3) is 0 Å². The van der Waals surface area contributed by atoms with Gasteiger partial charge in [0.15, 0.2) is 0 Å². The van der Waals surface area contributed by atoms with E-state index in [0.29, 0.717) is 6.04 Å². The van der Waals surface area contributed by atoms with Crippen LogP contribution >= 0.6 is 15.9 Å². The molecule has 102 valence electrons. The van der Waals surface area contributed by atoms with Crippen molar-refractivity contribution in [3.8, 4) is 0 Å². The van der Waals surface area contributed by atoms with Crippen molar-refractivity contribution in [2.45, 2.75) is 25.9 Å². The summed E-state index contributed by atoms with van der Waals surface area (Å²) < 4.78 is 3.04. The molecule has 5 heteroatoms. The Bertz CT molecular complexity index is 539. The molecule has 0 amide bonds. The fraction of sp³-hybridized carbons (Fsp3) is 0.357. The standard InChI is InChI=1S/C14H18BrN3O/c1-10(2)18-9-16-7-14(18)13(8-19)17-12-6-4-3-5-11(12)15/h3-7,9-10,13,17,19H,8H2,1-2H3. The second-order valence-electron chi connectivity index (χ2n) is 4.68. The molecule has 0 spiro atoms. The smallest absolute Gasteiger partial charge is 0.0951 e. The molecule has 0 aliphatic carbocycles. The van der Waals surface area contributed by atoms with Gasteiger partial charge in [0.05, 0.1) is 30.9 Å². The number of aliphatic hydroxyl groups excluding tert-OH is 1. The molecular weight excluding hydrogens is 306 g/mol. The van der Waals surface area contributed by atoms with E-state index >= 15 is 0 Å². The van der Waals surface area contributed by atoms with Crippen LogP contribution in [0.4, 0.5) is 5.69 Å². The number of imidazole rings is 1. The van der Waals surface area contributed by atoms with Gasteiger partial charge in [-0.05, 0) is 41.9 Å². The van der Waals surface area contributed by atoms with E-state index < -0.39 is 0 Å². The molecule has 2 N–H and O–H groups in total. The Morgan fingerprint density at radius 2 is 2.11 bits per heavy atom. The number of hydrogen-bond donors (Lipinski definition) is 2. The fourth-order valence-electron chi connectivity index (χ4n) is 2.00. The molecule has 2 aromatic rings. The molecule has 0 saturated carbocycles. The highest BCUT2D eigenvalue weighted by Gasteiger charge is 2.17. The summed E-state index contributed by atoms with van der Waals surface area (Å²) in [6.45, 7) is 4.20. The summed E-state index contributed by atoms with van der Waals surface area (Å²) in [5.74, 6) is 0. The van der Waals surface area contributed by atoms with Gasteiger partial charge >= 0.3 is 0 Å². The zero-order valence-electron chi connectivity index (χ0n) is 11.0. The molecule has 1 aromatic heterocycles. The van der Waals surface area contributed by atoms with Crippen LogP contribution in [0, 0.1) is 0 Å². The zero-order valence-corrected chi connectivity index (χ0v) is 12.6. The van der Waals surface area contributed by atoms with E-state index in [1.165, 1.54) is 0 Å². The van der Waals surface area contributed by atoms with Gasteiger partial charge in [0, 0.05) is 16.2 Å². The first-order chi connectivity index (χ1) is 9.13. The highest BCUT2D eigenvalue weighted by molar-refractivity contribution is 9.10. The second-order valence-corrected chi connectivity index (χ2v) is 5.53. The molecule has 0 radical (unpaired) electrons. The number of benzene rings is 1. The normalized spacial score (nSPS) is 12.7. The molecule has 1 heterocycles. The van der Waals surface area contributed by atoms with Crippen LogP contribution in [0.5, 0.6) is 0 Å². The van der Waals surface area contributed by atoms with Gasteiger partial charge in [0.2, 0.25) is 0 Å². The molecule has 1 aromatic carbocycles. The first-order valence-electron chi connectivity index (χ1n) is 6.27. The predicted octanol–water partition coefficient (Wildman–Crippen LogP) is 3.37. The summed E-state index contributed by atoms with van der Waals surface area (Å²) in [5, 5.41) is 13.0. The number of para-hydroxylation sites is 1. The number of halogens is 1. The third kappa shape index (κ3) is 3.16. The molecule has 1 atom stereocenters. The quantitative estimate of drug-likeness (QED) is 0.886. The lowest BCUT2D eigenvalue weighted by molar-refractivity contribution is 0.271. The number of hydrogen-bond acceptors (Lipinski definition) is 3. The van der Waals surface area contributed by atoms with Gasteiger partial charge in [-0.15, -0.1) is 0 Å². The number of anilines is 1. The lowest BCUT2D eigenvalue weighted by atomic mass is 10.2. The Morgan fingerprint density at radius 3 is 2.74 bits per heavy atom. The topological polar surface area (TPSA) is 50.1 Å². The van der Waals surface area contributed by atoms with Crippen molar-refractivity contribution in [3.63, 3.8) is 0 Å². The van der Waals surface area contributed by atoms with E-state index in [2.05, 4.69) is 44.6 Å². The Balaban J connectivity index is 2.26. The highest BCUT2D eigenvalue weighted by atomic mass is 79.9. The molecule has 4 nitrogen and oxygen atoms in total. The Labute approximate surface area is 121 Å². The lowest BCUT2D eigenvalue weighted by Gasteiger charge is -2.21. The number of aliphatic hydroxyl groups is 1. The molecule has 0 aliphatic heterocycles. The van der Waals surface area contributed by atoms with Gasteiger partial charge in [-0.2, -0.15) is 0 Å².